The Bertz CT molecular complexity index is 40.6. The molecule has 0 rings (SSSR count). The van der Waals surface area contributed by atoms with E-state index in [9.17, 15) is 0 Å². The fourth-order valence-corrected chi connectivity index (χ4v) is 0. The second-order valence-electron chi connectivity index (χ2n) is 1.26. The van der Waals surface area contributed by atoms with Gasteiger partial charge in [0.05, 0.1) is 6.10 Å². The summed E-state index contributed by atoms with van der Waals surface area (Å²) in [5.41, 5.74) is 0. The van der Waals surface area contributed by atoms with Gasteiger partial charge in [0.15, 0.2) is 0 Å². The topological polar surface area (TPSA) is 44.0 Å². The number of aliphatic hydroxyl groups is 1. The van der Waals surface area contributed by atoms with Gasteiger partial charge >= 0.3 is 0 Å². The van der Waals surface area contributed by atoms with Gasteiger partial charge < -0.3 is 5.11 Å². The molecule has 0 aliphatic rings. The molecule has 1 unspecified atom stereocenters. The lowest BCUT2D eigenvalue weighted by Gasteiger charge is -1.90. The van der Waals surface area contributed by atoms with Crippen molar-refractivity contribution >= 4 is 0 Å². The number of aliphatic hydroxyl groups excluding tert-OH is 1. The van der Waals surface area contributed by atoms with Crippen molar-refractivity contribution in [1.29, 1.82) is 5.26 Å². The molecule has 0 fully saturated rings. The van der Waals surface area contributed by atoms with Crippen molar-refractivity contribution < 1.29 is 5.11 Å². The third-order valence-corrected chi connectivity index (χ3v) is 0.591. The van der Waals surface area contributed by atoms with Crippen LogP contribution in [0, 0.1) is 11.8 Å². The second kappa shape index (κ2) is 9.07. The highest BCUT2D eigenvalue weighted by Gasteiger charge is 1.81. The minimum atomic E-state index is -0.116. The van der Waals surface area contributed by atoms with Crippen molar-refractivity contribution in [2.45, 2.75) is 26.4 Å². The summed E-state index contributed by atoms with van der Waals surface area (Å²) < 4.78 is 0. The molecule has 42 valence electrons. The SMILES string of the molecule is C#N.CCC(C)O. The van der Waals surface area contributed by atoms with Gasteiger partial charge in [-0.15, -0.1) is 0 Å². The van der Waals surface area contributed by atoms with Gasteiger partial charge in [0.25, 0.3) is 0 Å². The van der Waals surface area contributed by atoms with Crippen LogP contribution in [0.3, 0.4) is 0 Å². The van der Waals surface area contributed by atoms with Crippen LogP contribution in [0.4, 0.5) is 0 Å². The molecule has 0 aromatic carbocycles. The Hall–Kier alpha value is -0.550. The first-order valence-corrected chi connectivity index (χ1v) is 2.21. The molecule has 0 spiro atoms. The smallest absolute Gasteiger partial charge is 0.0509 e. The van der Waals surface area contributed by atoms with E-state index in [-0.39, 0.29) is 6.10 Å². The van der Waals surface area contributed by atoms with Crippen molar-refractivity contribution in [3.05, 3.63) is 0 Å². The van der Waals surface area contributed by atoms with Gasteiger partial charge in [0, 0.05) is 6.57 Å². The quantitative estimate of drug-likeness (QED) is 0.533. The van der Waals surface area contributed by atoms with Crippen molar-refractivity contribution in [3.8, 4) is 6.57 Å². The number of rotatable bonds is 1. The average molecular weight is 101 g/mol. The van der Waals surface area contributed by atoms with E-state index >= 15 is 0 Å². The Labute approximate surface area is 44.4 Å². The summed E-state index contributed by atoms with van der Waals surface area (Å²) in [6.45, 7) is 7.23. The first kappa shape index (κ1) is 9.67. The van der Waals surface area contributed by atoms with Gasteiger partial charge in [-0.2, -0.15) is 0 Å². The lowest BCUT2D eigenvalue weighted by atomic mass is 10.3. The largest absolute Gasteiger partial charge is 0.393 e. The van der Waals surface area contributed by atoms with E-state index in [0.29, 0.717) is 0 Å². The zero-order chi connectivity index (χ0) is 6.28. The summed E-state index contributed by atoms with van der Waals surface area (Å²) in [4.78, 5) is 0. The summed E-state index contributed by atoms with van der Waals surface area (Å²) in [5, 5.41) is 14.9. The molecule has 0 heterocycles. The van der Waals surface area contributed by atoms with Gasteiger partial charge in [0.2, 0.25) is 0 Å². The van der Waals surface area contributed by atoms with Crippen molar-refractivity contribution in [1.82, 2.24) is 0 Å². The normalized spacial score (nSPS) is 11.0. The van der Waals surface area contributed by atoms with Gasteiger partial charge in [-0.3, -0.25) is 0 Å². The molecule has 0 amide bonds. The molecule has 0 radical (unpaired) electrons. The molecule has 0 saturated carbocycles. The van der Waals surface area contributed by atoms with Gasteiger partial charge in [0.1, 0.15) is 0 Å². The summed E-state index contributed by atoms with van der Waals surface area (Å²) in [6.07, 6.45) is 0.745. The zero-order valence-electron chi connectivity index (χ0n) is 4.76. The zero-order valence-corrected chi connectivity index (χ0v) is 4.76. The summed E-state index contributed by atoms with van der Waals surface area (Å²) in [7, 11) is 0. The van der Waals surface area contributed by atoms with Crippen molar-refractivity contribution in [2.24, 2.45) is 0 Å². The molecule has 7 heavy (non-hydrogen) atoms. The summed E-state index contributed by atoms with van der Waals surface area (Å²) in [6, 6.07) is 0. The van der Waals surface area contributed by atoms with Crippen LogP contribution in [0.15, 0.2) is 0 Å². The third-order valence-electron chi connectivity index (χ3n) is 0.591. The van der Waals surface area contributed by atoms with E-state index in [1.807, 2.05) is 6.92 Å². The molecule has 2 heteroatoms. The highest BCUT2D eigenvalue weighted by molar-refractivity contribution is 4.34. The van der Waals surface area contributed by atoms with E-state index < -0.39 is 0 Å². The van der Waals surface area contributed by atoms with Crippen molar-refractivity contribution in [2.75, 3.05) is 0 Å². The predicted octanol–water partition coefficient (Wildman–Crippen LogP) is 0.917. The maximum atomic E-state index is 8.36. The molecule has 0 aliphatic carbocycles. The van der Waals surface area contributed by atoms with Crippen LogP contribution in [-0.4, -0.2) is 11.2 Å². The first-order chi connectivity index (χ1) is 3.27. The molecule has 2 nitrogen and oxygen atoms in total. The first-order valence-electron chi connectivity index (χ1n) is 2.21. The van der Waals surface area contributed by atoms with Crippen LogP contribution < -0.4 is 0 Å². The van der Waals surface area contributed by atoms with Crippen LogP contribution >= 0.6 is 0 Å². The van der Waals surface area contributed by atoms with Crippen LogP contribution in [0.1, 0.15) is 20.3 Å². The maximum absolute atomic E-state index is 8.36. The third kappa shape index (κ3) is 30.9. The van der Waals surface area contributed by atoms with Gasteiger partial charge in [-0.25, -0.2) is 5.26 Å². The predicted molar refractivity (Wildman–Crippen MR) is 28.6 cm³/mol. The van der Waals surface area contributed by atoms with E-state index in [1.54, 1.807) is 6.92 Å². The Morgan fingerprint density at radius 2 is 1.86 bits per heavy atom. The number of nitriles is 1. The molecular formula is C5H11NO. The van der Waals surface area contributed by atoms with Crippen LogP contribution in [0.2, 0.25) is 0 Å². The number of nitrogens with zero attached hydrogens (tertiary/aromatic N) is 1. The van der Waals surface area contributed by atoms with E-state index in [4.69, 9.17) is 10.4 Å². The van der Waals surface area contributed by atoms with Gasteiger partial charge in [-0.05, 0) is 13.3 Å². The minimum Gasteiger partial charge on any atom is -0.393 e. The molecule has 1 N–H and O–H groups in total. The lowest BCUT2D eigenvalue weighted by molar-refractivity contribution is 0.191. The molecular weight excluding hydrogens is 90.1 g/mol. The monoisotopic (exact) mass is 101 g/mol. The van der Waals surface area contributed by atoms with E-state index in [1.165, 1.54) is 0 Å². The lowest BCUT2D eigenvalue weighted by Crippen LogP contribution is -1.93. The Morgan fingerprint density at radius 3 is 1.86 bits per heavy atom. The number of hydrogen-bond donors (Lipinski definition) is 1. The summed E-state index contributed by atoms with van der Waals surface area (Å²) >= 11 is 0. The molecule has 0 aromatic heterocycles. The molecule has 0 bridgehead atoms. The Morgan fingerprint density at radius 1 is 1.71 bits per heavy atom. The Kier molecular flexibility index (Phi) is 12.5. The standard InChI is InChI=1S/C4H10O.CHN/c1-3-4(2)5;1-2/h4-5H,3H2,1-2H3;1H. The molecule has 1 atom stereocenters. The highest BCUT2D eigenvalue weighted by atomic mass is 16.3. The van der Waals surface area contributed by atoms with Gasteiger partial charge in [-0.1, -0.05) is 6.92 Å². The van der Waals surface area contributed by atoms with Crippen LogP contribution in [0.5, 0.6) is 0 Å². The van der Waals surface area contributed by atoms with E-state index in [2.05, 4.69) is 6.57 Å². The maximum Gasteiger partial charge on any atom is 0.0509 e. The van der Waals surface area contributed by atoms with Crippen molar-refractivity contribution in [3.63, 3.8) is 0 Å². The minimum absolute atomic E-state index is 0.116. The fraction of sp³-hybridized carbons (Fsp3) is 0.800. The second-order valence-corrected chi connectivity index (χ2v) is 1.26. The molecule has 0 saturated heterocycles. The van der Waals surface area contributed by atoms with Crippen LogP contribution in [-0.2, 0) is 0 Å². The van der Waals surface area contributed by atoms with Crippen LogP contribution in [0.25, 0.3) is 0 Å². The fourth-order valence-electron chi connectivity index (χ4n) is 0. The Balaban J connectivity index is 0. The molecule has 0 aromatic rings. The molecule has 0 aliphatic heterocycles. The summed E-state index contributed by atoms with van der Waals surface area (Å²) in [5.74, 6) is 0. The average Bonchev–Trinajstić information content (AvgIpc) is 1.73. The highest BCUT2D eigenvalue weighted by Crippen LogP contribution is 1.81. The van der Waals surface area contributed by atoms with E-state index in [0.717, 1.165) is 6.42 Å². The number of hydrogen-bond acceptors (Lipinski definition) is 2.